The number of nitrogens with one attached hydrogen (secondary N) is 1. The van der Waals surface area contributed by atoms with Crippen LogP contribution in [0.1, 0.15) is 17.3 Å². The molecule has 28 heavy (non-hydrogen) atoms. The molecule has 0 saturated heterocycles. The number of non-ortho nitro benzene ring substituents is 1. The zero-order valence-corrected chi connectivity index (χ0v) is 15.8. The first-order valence-electron chi connectivity index (χ1n) is 8.47. The molecule has 0 aliphatic carbocycles. The van der Waals surface area contributed by atoms with Crippen molar-refractivity contribution in [3.05, 3.63) is 58.1 Å². The number of esters is 1. The quantitative estimate of drug-likeness (QED) is 0.421. The van der Waals surface area contributed by atoms with E-state index in [1.165, 1.54) is 18.2 Å². The number of nitro benzene ring substituents is 1. The zero-order chi connectivity index (χ0) is 20.7. The first-order valence-corrected chi connectivity index (χ1v) is 8.47. The highest BCUT2D eigenvalue weighted by atomic mass is 16.6. The second-order valence-corrected chi connectivity index (χ2v) is 5.93. The predicted molar refractivity (Wildman–Crippen MR) is 104 cm³/mol. The van der Waals surface area contributed by atoms with Gasteiger partial charge in [0, 0.05) is 43.7 Å². The lowest BCUT2D eigenvalue weighted by atomic mass is 10.1. The average Bonchev–Trinajstić information content (AvgIpc) is 2.66. The van der Waals surface area contributed by atoms with E-state index in [0.717, 1.165) is 0 Å². The molecule has 1 N–H and O–H groups in total. The molecular weight excluding hydrogens is 366 g/mol. The van der Waals surface area contributed by atoms with Gasteiger partial charge in [-0.25, -0.2) is 4.79 Å². The SMILES string of the molecule is CCOC(=O)COc1cccc(NC(=O)c2cc([N+](=O)[O-])ccc2N(C)C)c1. The Morgan fingerprint density at radius 2 is 1.93 bits per heavy atom. The molecule has 148 valence electrons. The van der Waals surface area contributed by atoms with Crippen molar-refractivity contribution in [2.45, 2.75) is 6.92 Å². The first kappa shape index (κ1) is 20.7. The van der Waals surface area contributed by atoms with Gasteiger partial charge in [0.2, 0.25) is 0 Å². The first-order chi connectivity index (χ1) is 13.3. The Bertz CT molecular complexity index is 882. The Morgan fingerprint density at radius 1 is 1.18 bits per heavy atom. The maximum atomic E-state index is 12.7. The van der Waals surface area contributed by atoms with E-state index in [1.807, 2.05) is 0 Å². The summed E-state index contributed by atoms with van der Waals surface area (Å²) in [6.45, 7) is 1.71. The van der Waals surface area contributed by atoms with Crippen molar-refractivity contribution in [3.63, 3.8) is 0 Å². The number of nitro groups is 1. The van der Waals surface area contributed by atoms with Gasteiger partial charge in [-0.2, -0.15) is 0 Å². The highest BCUT2D eigenvalue weighted by molar-refractivity contribution is 6.08. The van der Waals surface area contributed by atoms with E-state index in [0.29, 0.717) is 17.1 Å². The van der Waals surface area contributed by atoms with Crippen molar-refractivity contribution in [1.82, 2.24) is 0 Å². The van der Waals surface area contributed by atoms with Gasteiger partial charge in [-0.05, 0) is 25.1 Å². The second kappa shape index (κ2) is 9.36. The molecule has 2 rings (SSSR count). The minimum atomic E-state index is -0.555. The lowest BCUT2D eigenvalue weighted by Crippen LogP contribution is -2.19. The predicted octanol–water partition coefficient (Wildman–Crippen LogP) is 2.86. The van der Waals surface area contributed by atoms with Crippen molar-refractivity contribution >= 4 is 28.9 Å². The van der Waals surface area contributed by atoms with E-state index in [-0.39, 0.29) is 24.5 Å². The molecule has 1 amide bonds. The van der Waals surface area contributed by atoms with Crippen molar-refractivity contribution in [1.29, 1.82) is 0 Å². The summed E-state index contributed by atoms with van der Waals surface area (Å²) < 4.78 is 10.1. The fourth-order valence-electron chi connectivity index (χ4n) is 2.42. The average molecular weight is 387 g/mol. The second-order valence-electron chi connectivity index (χ2n) is 5.93. The molecule has 0 spiro atoms. The molecule has 0 unspecified atom stereocenters. The number of carbonyl (C=O) groups excluding carboxylic acids is 2. The number of carbonyl (C=O) groups is 2. The number of rotatable bonds is 8. The third-order valence-corrected chi connectivity index (χ3v) is 3.67. The summed E-state index contributed by atoms with van der Waals surface area (Å²) in [4.78, 5) is 36.3. The maximum absolute atomic E-state index is 12.7. The fourth-order valence-corrected chi connectivity index (χ4v) is 2.42. The number of hydrogen-bond donors (Lipinski definition) is 1. The third kappa shape index (κ3) is 5.44. The van der Waals surface area contributed by atoms with Crippen LogP contribution in [0.15, 0.2) is 42.5 Å². The Morgan fingerprint density at radius 3 is 2.57 bits per heavy atom. The van der Waals surface area contributed by atoms with Crippen LogP contribution in [0.5, 0.6) is 5.75 Å². The Balaban J connectivity index is 2.18. The number of benzene rings is 2. The number of amides is 1. The highest BCUT2D eigenvalue weighted by Gasteiger charge is 2.18. The van der Waals surface area contributed by atoms with Crippen LogP contribution in [0, 0.1) is 10.1 Å². The molecule has 0 radical (unpaired) electrons. The number of hydrogen-bond acceptors (Lipinski definition) is 7. The summed E-state index contributed by atoms with van der Waals surface area (Å²) in [7, 11) is 3.48. The Labute approximate surface area is 162 Å². The van der Waals surface area contributed by atoms with Crippen LogP contribution < -0.4 is 15.0 Å². The summed E-state index contributed by atoms with van der Waals surface area (Å²) in [5.74, 6) is -0.628. The molecule has 0 heterocycles. The number of ether oxygens (including phenoxy) is 2. The number of anilines is 2. The lowest BCUT2D eigenvalue weighted by Gasteiger charge is -2.17. The summed E-state index contributed by atoms with van der Waals surface area (Å²) in [5, 5.41) is 13.7. The van der Waals surface area contributed by atoms with Gasteiger partial charge in [-0.1, -0.05) is 6.07 Å². The summed E-state index contributed by atoms with van der Waals surface area (Å²) >= 11 is 0. The molecule has 0 aliphatic heterocycles. The van der Waals surface area contributed by atoms with E-state index in [2.05, 4.69) is 5.32 Å². The molecule has 0 atom stereocenters. The molecule has 9 nitrogen and oxygen atoms in total. The van der Waals surface area contributed by atoms with Crippen molar-refractivity contribution in [2.75, 3.05) is 37.5 Å². The monoisotopic (exact) mass is 387 g/mol. The van der Waals surface area contributed by atoms with Crippen LogP contribution in [0.4, 0.5) is 17.1 Å². The van der Waals surface area contributed by atoms with Gasteiger partial charge in [0.05, 0.1) is 17.1 Å². The molecule has 2 aromatic carbocycles. The van der Waals surface area contributed by atoms with Gasteiger partial charge < -0.3 is 19.7 Å². The smallest absolute Gasteiger partial charge is 0.344 e. The van der Waals surface area contributed by atoms with Crippen LogP contribution in [0.2, 0.25) is 0 Å². The minimum absolute atomic E-state index is 0.164. The van der Waals surface area contributed by atoms with Gasteiger partial charge in [-0.3, -0.25) is 14.9 Å². The lowest BCUT2D eigenvalue weighted by molar-refractivity contribution is -0.384. The van der Waals surface area contributed by atoms with Crippen molar-refractivity contribution in [3.8, 4) is 5.75 Å². The van der Waals surface area contributed by atoms with Gasteiger partial charge in [-0.15, -0.1) is 0 Å². The summed E-state index contributed by atoms with van der Waals surface area (Å²) in [5.41, 5.74) is 0.944. The summed E-state index contributed by atoms with van der Waals surface area (Å²) in [6.07, 6.45) is 0. The van der Waals surface area contributed by atoms with Crippen LogP contribution in [-0.2, 0) is 9.53 Å². The molecule has 0 fully saturated rings. The molecule has 0 aliphatic rings. The van der Waals surface area contributed by atoms with Crippen molar-refractivity contribution in [2.24, 2.45) is 0 Å². The highest BCUT2D eigenvalue weighted by Crippen LogP contribution is 2.26. The maximum Gasteiger partial charge on any atom is 0.344 e. The fraction of sp³-hybridized carbons (Fsp3) is 0.263. The van der Waals surface area contributed by atoms with E-state index in [1.54, 1.807) is 50.2 Å². The number of nitrogens with zero attached hydrogens (tertiary/aromatic N) is 2. The Kier molecular flexibility index (Phi) is 6.91. The van der Waals surface area contributed by atoms with Gasteiger partial charge >= 0.3 is 5.97 Å². The largest absolute Gasteiger partial charge is 0.482 e. The minimum Gasteiger partial charge on any atom is -0.482 e. The molecule has 0 aromatic heterocycles. The van der Waals surface area contributed by atoms with Gasteiger partial charge in [0.25, 0.3) is 11.6 Å². The van der Waals surface area contributed by atoms with Crippen LogP contribution in [0.3, 0.4) is 0 Å². The molecule has 2 aromatic rings. The van der Waals surface area contributed by atoms with Gasteiger partial charge in [0.15, 0.2) is 6.61 Å². The standard InChI is InChI=1S/C19H21N3O6/c1-4-27-18(23)12-28-15-7-5-6-13(10-15)20-19(24)16-11-14(22(25)26)8-9-17(16)21(2)3/h5-11H,4,12H2,1-3H3,(H,20,24). The molecule has 9 heteroatoms. The van der Waals surface area contributed by atoms with E-state index >= 15 is 0 Å². The van der Waals surface area contributed by atoms with Crippen LogP contribution >= 0.6 is 0 Å². The van der Waals surface area contributed by atoms with Crippen molar-refractivity contribution < 1.29 is 24.0 Å². The topological polar surface area (TPSA) is 111 Å². The van der Waals surface area contributed by atoms with Gasteiger partial charge in [0.1, 0.15) is 5.75 Å². The van der Waals surface area contributed by atoms with E-state index < -0.39 is 16.8 Å². The van der Waals surface area contributed by atoms with Crippen LogP contribution in [0.25, 0.3) is 0 Å². The Hall–Kier alpha value is -3.62. The molecule has 0 bridgehead atoms. The third-order valence-electron chi connectivity index (χ3n) is 3.67. The molecular formula is C19H21N3O6. The zero-order valence-electron chi connectivity index (χ0n) is 15.8. The molecule has 0 saturated carbocycles. The normalized spacial score (nSPS) is 10.1. The van der Waals surface area contributed by atoms with E-state index in [9.17, 15) is 19.7 Å². The summed E-state index contributed by atoms with van der Waals surface area (Å²) in [6, 6.07) is 10.6. The van der Waals surface area contributed by atoms with Crippen LogP contribution in [-0.4, -0.2) is 44.1 Å². The van der Waals surface area contributed by atoms with E-state index in [4.69, 9.17) is 9.47 Å².